The molecule has 0 rings (SSSR count). The fraction of sp³-hybridized carbons (Fsp3) is 0.944. The average molecular weight is 315 g/mol. The predicted octanol–water partition coefficient (Wildman–Crippen LogP) is 4.02. The molecule has 0 unspecified atom stereocenters. The lowest BCUT2D eigenvalue weighted by Gasteiger charge is -2.16. The van der Waals surface area contributed by atoms with Crippen LogP contribution in [0.3, 0.4) is 0 Å². The number of carbonyl (C=O) groups is 1. The molecule has 0 aromatic rings. The minimum absolute atomic E-state index is 0.0420. The van der Waals surface area contributed by atoms with Gasteiger partial charge in [-0.15, -0.1) is 0 Å². The Bertz CT molecular complexity index is 267. The maximum absolute atomic E-state index is 10.7. The van der Waals surface area contributed by atoms with Crippen molar-refractivity contribution in [2.75, 3.05) is 0 Å². The van der Waals surface area contributed by atoms with E-state index in [9.17, 15) is 15.0 Å². The lowest BCUT2D eigenvalue weighted by Crippen LogP contribution is -2.43. The molecule has 4 nitrogen and oxygen atoms in total. The van der Waals surface area contributed by atoms with Crippen LogP contribution in [0.25, 0.3) is 0 Å². The highest BCUT2D eigenvalue weighted by Gasteiger charge is 2.29. The summed E-state index contributed by atoms with van der Waals surface area (Å²) in [7, 11) is 0. The average Bonchev–Trinajstić information content (AvgIpc) is 2.47. The third-order valence-corrected chi connectivity index (χ3v) is 4.27. The molecule has 4 N–H and O–H groups in total. The molecule has 0 saturated carbocycles. The van der Waals surface area contributed by atoms with Crippen molar-refractivity contribution in [1.82, 2.24) is 0 Å². The molecular formula is C18H37NO3. The summed E-state index contributed by atoms with van der Waals surface area (Å²) >= 11 is 0. The first kappa shape index (κ1) is 21.4. The van der Waals surface area contributed by atoms with E-state index in [4.69, 9.17) is 5.73 Å². The van der Waals surface area contributed by atoms with Crippen LogP contribution in [0, 0.1) is 0 Å². The van der Waals surface area contributed by atoms with Crippen molar-refractivity contribution in [3.63, 3.8) is 0 Å². The lowest BCUT2D eigenvalue weighted by molar-refractivity contribution is -0.184. The largest absolute Gasteiger partial charge is 0.365 e. The van der Waals surface area contributed by atoms with Gasteiger partial charge in [-0.1, -0.05) is 90.4 Å². The molecular weight excluding hydrogens is 278 g/mol. The van der Waals surface area contributed by atoms with Crippen LogP contribution in [-0.4, -0.2) is 21.9 Å². The second-order valence-corrected chi connectivity index (χ2v) is 6.53. The molecule has 0 spiro atoms. The molecule has 4 heteroatoms. The van der Waals surface area contributed by atoms with E-state index in [1.165, 1.54) is 70.6 Å². The molecule has 0 aromatic heterocycles. The molecule has 22 heavy (non-hydrogen) atoms. The zero-order valence-electron chi connectivity index (χ0n) is 14.5. The summed E-state index contributed by atoms with van der Waals surface area (Å²) in [6.07, 6.45) is 17.4. The molecule has 0 atom stereocenters. The van der Waals surface area contributed by atoms with Crippen molar-refractivity contribution < 1.29 is 15.0 Å². The van der Waals surface area contributed by atoms with Gasteiger partial charge in [0.25, 0.3) is 5.91 Å². The number of nitrogens with two attached hydrogens (primary N) is 1. The Balaban J connectivity index is 3.16. The number of unbranched alkanes of at least 4 members (excludes halogenated alkanes) is 13. The van der Waals surface area contributed by atoms with E-state index in [0.29, 0.717) is 6.42 Å². The summed E-state index contributed by atoms with van der Waals surface area (Å²) in [5, 5.41) is 18.5. The molecule has 1 amide bonds. The van der Waals surface area contributed by atoms with Crippen LogP contribution in [0.2, 0.25) is 0 Å². The van der Waals surface area contributed by atoms with E-state index in [2.05, 4.69) is 6.92 Å². The predicted molar refractivity (Wildman–Crippen MR) is 91.3 cm³/mol. The molecule has 132 valence electrons. The van der Waals surface area contributed by atoms with Crippen LogP contribution >= 0.6 is 0 Å². The summed E-state index contributed by atoms with van der Waals surface area (Å²) in [5.41, 5.74) is 4.89. The number of hydrogen-bond acceptors (Lipinski definition) is 3. The van der Waals surface area contributed by atoms with E-state index in [1.807, 2.05) is 0 Å². The Morgan fingerprint density at radius 3 is 1.36 bits per heavy atom. The molecule has 0 radical (unpaired) electrons. The number of carbonyl (C=O) groups excluding carboxylic acids is 1. The minimum atomic E-state index is -2.32. The monoisotopic (exact) mass is 315 g/mol. The van der Waals surface area contributed by atoms with Crippen molar-refractivity contribution in [3.8, 4) is 0 Å². The standard InChI is InChI=1S/C18H37NO3/c1-2-3-4-5-6-7-8-9-10-11-12-13-14-15-16-18(21,22)17(19)20/h21-22H,2-16H2,1H3,(H2,19,20). The topological polar surface area (TPSA) is 83.6 Å². The van der Waals surface area contributed by atoms with Crippen LogP contribution in [0.15, 0.2) is 0 Å². The number of rotatable bonds is 16. The van der Waals surface area contributed by atoms with Gasteiger partial charge in [0.1, 0.15) is 0 Å². The van der Waals surface area contributed by atoms with Crippen molar-refractivity contribution >= 4 is 5.91 Å². The smallest absolute Gasteiger partial charge is 0.277 e. The third kappa shape index (κ3) is 13.1. The highest BCUT2D eigenvalue weighted by Crippen LogP contribution is 2.15. The van der Waals surface area contributed by atoms with E-state index in [0.717, 1.165) is 12.8 Å². The van der Waals surface area contributed by atoms with Crippen LogP contribution in [0.4, 0.5) is 0 Å². The van der Waals surface area contributed by atoms with Crippen molar-refractivity contribution in [1.29, 1.82) is 0 Å². The molecule has 0 aliphatic carbocycles. The second-order valence-electron chi connectivity index (χ2n) is 6.53. The van der Waals surface area contributed by atoms with Crippen molar-refractivity contribution in [2.24, 2.45) is 5.73 Å². The Kier molecular flexibility index (Phi) is 13.6. The molecule has 0 aliphatic rings. The van der Waals surface area contributed by atoms with Gasteiger partial charge in [-0.25, -0.2) is 0 Å². The van der Waals surface area contributed by atoms with Gasteiger partial charge in [0.05, 0.1) is 0 Å². The SMILES string of the molecule is CCCCCCCCCCCCCCCCC(O)(O)C(N)=O. The first-order chi connectivity index (χ1) is 10.5. The summed E-state index contributed by atoms with van der Waals surface area (Å²) in [5.74, 6) is -3.38. The maximum atomic E-state index is 10.7. The molecule has 0 aliphatic heterocycles. The van der Waals surface area contributed by atoms with Gasteiger partial charge < -0.3 is 15.9 Å². The van der Waals surface area contributed by atoms with Crippen LogP contribution in [0.1, 0.15) is 103 Å². The first-order valence-electron chi connectivity index (χ1n) is 9.25. The van der Waals surface area contributed by atoms with Crippen LogP contribution in [0.5, 0.6) is 0 Å². The molecule has 0 aromatic carbocycles. The summed E-state index contributed by atoms with van der Waals surface area (Å²) < 4.78 is 0. The number of aliphatic hydroxyl groups is 2. The van der Waals surface area contributed by atoms with Gasteiger partial charge in [0.15, 0.2) is 0 Å². The Labute approximate surface area is 136 Å². The van der Waals surface area contributed by atoms with Gasteiger partial charge in [-0.3, -0.25) is 4.79 Å². The van der Waals surface area contributed by atoms with Gasteiger partial charge in [-0.05, 0) is 6.42 Å². The number of primary amides is 1. The van der Waals surface area contributed by atoms with E-state index >= 15 is 0 Å². The van der Waals surface area contributed by atoms with E-state index in [1.54, 1.807) is 0 Å². The van der Waals surface area contributed by atoms with Crippen molar-refractivity contribution in [2.45, 2.75) is 109 Å². The first-order valence-corrected chi connectivity index (χ1v) is 9.25. The number of amides is 1. The zero-order valence-corrected chi connectivity index (χ0v) is 14.5. The van der Waals surface area contributed by atoms with Gasteiger partial charge in [-0.2, -0.15) is 0 Å². The fourth-order valence-corrected chi connectivity index (χ4v) is 2.69. The van der Waals surface area contributed by atoms with Crippen LogP contribution < -0.4 is 5.73 Å². The Morgan fingerprint density at radius 1 is 0.727 bits per heavy atom. The minimum Gasteiger partial charge on any atom is -0.365 e. The van der Waals surface area contributed by atoms with Gasteiger partial charge in [0, 0.05) is 6.42 Å². The summed E-state index contributed by atoms with van der Waals surface area (Å²) in [6, 6.07) is 0. The quantitative estimate of drug-likeness (QED) is 0.297. The number of hydrogen-bond donors (Lipinski definition) is 3. The summed E-state index contributed by atoms with van der Waals surface area (Å²) in [6.45, 7) is 2.25. The van der Waals surface area contributed by atoms with Gasteiger partial charge >= 0.3 is 0 Å². The third-order valence-electron chi connectivity index (χ3n) is 4.27. The van der Waals surface area contributed by atoms with E-state index in [-0.39, 0.29) is 6.42 Å². The van der Waals surface area contributed by atoms with Gasteiger partial charge in [0.2, 0.25) is 5.79 Å². The second kappa shape index (κ2) is 14.0. The maximum Gasteiger partial charge on any atom is 0.277 e. The molecule has 0 saturated heterocycles. The Hall–Kier alpha value is -0.610. The zero-order chi connectivity index (χ0) is 16.7. The highest BCUT2D eigenvalue weighted by molar-refractivity contribution is 5.81. The fourth-order valence-electron chi connectivity index (χ4n) is 2.69. The molecule has 0 fully saturated rings. The normalized spacial score (nSPS) is 11.8. The van der Waals surface area contributed by atoms with E-state index < -0.39 is 11.7 Å². The van der Waals surface area contributed by atoms with Crippen LogP contribution in [-0.2, 0) is 4.79 Å². The highest BCUT2D eigenvalue weighted by atomic mass is 16.5. The summed E-state index contributed by atoms with van der Waals surface area (Å²) in [4.78, 5) is 10.7. The molecule has 0 heterocycles. The Morgan fingerprint density at radius 2 is 1.05 bits per heavy atom. The van der Waals surface area contributed by atoms with Crippen molar-refractivity contribution in [3.05, 3.63) is 0 Å². The molecule has 0 bridgehead atoms. The lowest BCUT2D eigenvalue weighted by atomic mass is 10.0.